The average molecular weight is 236 g/mol. The Morgan fingerprint density at radius 3 is 2.82 bits per heavy atom. The molecule has 0 aromatic carbocycles. The van der Waals surface area contributed by atoms with Gasteiger partial charge in [-0.1, -0.05) is 19.8 Å². The number of hydrogen-bond acceptors (Lipinski definition) is 3. The molecule has 0 fully saturated rings. The number of aromatic carboxylic acids is 1. The van der Waals surface area contributed by atoms with Crippen LogP contribution in [0.15, 0.2) is 18.3 Å². The zero-order valence-corrected chi connectivity index (χ0v) is 9.77. The molecule has 0 saturated heterocycles. The highest BCUT2D eigenvalue weighted by Crippen LogP contribution is 2.02. The summed E-state index contributed by atoms with van der Waals surface area (Å²) in [6.07, 6.45) is 4.41. The molecule has 0 spiro atoms. The average Bonchev–Trinajstić information content (AvgIpc) is 2.34. The second-order valence-corrected chi connectivity index (χ2v) is 3.70. The lowest BCUT2D eigenvalue weighted by Gasteiger charge is -2.04. The van der Waals surface area contributed by atoms with Crippen molar-refractivity contribution in [1.82, 2.24) is 10.3 Å². The molecule has 0 aliphatic heterocycles. The van der Waals surface area contributed by atoms with Gasteiger partial charge in [0, 0.05) is 18.3 Å². The highest BCUT2D eigenvalue weighted by Gasteiger charge is 2.09. The lowest BCUT2D eigenvalue weighted by molar-refractivity contribution is 0.0690. The van der Waals surface area contributed by atoms with Crippen molar-refractivity contribution in [2.75, 3.05) is 6.54 Å². The maximum atomic E-state index is 11.7. The number of carboxylic acids is 1. The Balaban J connectivity index is 2.56. The van der Waals surface area contributed by atoms with E-state index in [1.54, 1.807) is 0 Å². The van der Waals surface area contributed by atoms with Gasteiger partial charge in [0.25, 0.3) is 5.91 Å². The van der Waals surface area contributed by atoms with Crippen molar-refractivity contribution in [3.63, 3.8) is 0 Å². The first-order valence-electron chi connectivity index (χ1n) is 5.62. The topological polar surface area (TPSA) is 79.3 Å². The number of aromatic nitrogens is 1. The number of rotatable bonds is 6. The molecule has 1 amide bonds. The van der Waals surface area contributed by atoms with Gasteiger partial charge in [0.1, 0.15) is 5.69 Å². The SMILES string of the molecule is CCCCCNC(=O)c1ccnc(C(=O)O)c1. The van der Waals surface area contributed by atoms with Crippen LogP contribution >= 0.6 is 0 Å². The van der Waals surface area contributed by atoms with Gasteiger partial charge in [-0.05, 0) is 18.6 Å². The predicted octanol–water partition coefficient (Wildman–Crippen LogP) is 1.70. The Morgan fingerprint density at radius 1 is 1.41 bits per heavy atom. The van der Waals surface area contributed by atoms with Crippen molar-refractivity contribution >= 4 is 11.9 Å². The van der Waals surface area contributed by atoms with E-state index in [4.69, 9.17) is 5.11 Å². The third-order valence-corrected chi connectivity index (χ3v) is 2.31. The maximum absolute atomic E-state index is 11.7. The van der Waals surface area contributed by atoms with Gasteiger partial charge in [-0.15, -0.1) is 0 Å². The fourth-order valence-corrected chi connectivity index (χ4v) is 1.37. The third-order valence-electron chi connectivity index (χ3n) is 2.31. The number of hydrogen-bond donors (Lipinski definition) is 2. The Labute approximate surface area is 99.9 Å². The highest BCUT2D eigenvalue weighted by molar-refractivity contribution is 5.96. The zero-order valence-electron chi connectivity index (χ0n) is 9.77. The summed E-state index contributed by atoms with van der Waals surface area (Å²) in [7, 11) is 0. The summed E-state index contributed by atoms with van der Waals surface area (Å²) in [4.78, 5) is 26.0. The van der Waals surface area contributed by atoms with Crippen LogP contribution in [0, 0.1) is 0 Å². The van der Waals surface area contributed by atoms with Gasteiger partial charge in [0.15, 0.2) is 0 Å². The molecule has 0 bridgehead atoms. The van der Waals surface area contributed by atoms with Crippen LogP contribution in [0.3, 0.4) is 0 Å². The van der Waals surface area contributed by atoms with E-state index in [1.165, 1.54) is 18.3 Å². The number of amides is 1. The molecule has 0 radical (unpaired) electrons. The first-order valence-corrected chi connectivity index (χ1v) is 5.62. The number of carboxylic acid groups (broad SMARTS) is 1. The predicted molar refractivity (Wildman–Crippen MR) is 63.1 cm³/mol. The molecular weight excluding hydrogens is 220 g/mol. The first-order chi connectivity index (χ1) is 8.15. The zero-order chi connectivity index (χ0) is 12.7. The smallest absolute Gasteiger partial charge is 0.354 e. The van der Waals surface area contributed by atoms with E-state index in [-0.39, 0.29) is 11.6 Å². The van der Waals surface area contributed by atoms with E-state index in [0.717, 1.165) is 19.3 Å². The monoisotopic (exact) mass is 236 g/mol. The molecule has 1 aromatic rings. The van der Waals surface area contributed by atoms with Gasteiger partial charge in [0.2, 0.25) is 0 Å². The number of carbonyl (C=O) groups excluding carboxylic acids is 1. The van der Waals surface area contributed by atoms with Gasteiger partial charge in [-0.3, -0.25) is 4.79 Å². The second-order valence-electron chi connectivity index (χ2n) is 3.70. The van der Waals surface area contributed by atoms with Gasteiger partial charge < -0.3 is 10.4 Å². The van der Waals surface area contributed by atoms with E-state index < -0.39 is 5.97 Å². The molecule has 1 heterocycles. The normalized spacial score (nSPS) is 9.94. The Bertz CT molecular complexity index is 404. The second kappa shape index (κ2) is 6.62. The Hall–Kier alpha value is -1.91. The van der Waals surface area contributed by atoms with Crippen LogP contribution in [-0.4, -0.2) is 28.5 Å². The van der Waals surface area contributed by atoms with Gasteiger partial charge in [-0.2, -0.15) is 0 Å². The fourth-order valence-electron chi connectivity index (χ4n) is 1.37. The molecule has 0 aliphatic rings. The number of nitrogens with one attached hydrogen (secondary N) is 1. The van der Waals surface area contributed by atoms with Crippen molar-refractivity contribution in [3.8, 4) is 0 Å². The van der Waals surface area contributed by atoms with E-state index >= 15 is 0 Å². The van der Waals surface area contributed by atoms with Gasteiger partial charge in [0.05, 0.1) is 0 Å². The quantitative estimate of drug-likeness (QED) is 0.737. The molecule has 0 saturated carbocycles. The molecule has 0 unspecified atom stereocenters. The van der Waals surface area contributed by atoms with Crippen LogP contribution in [-0.2, 0) is 0 Å². The number of carbonyl (C=O) groups is 2. The number of pyridine rings is 1. The molecule has 5 heteroatoms. The van der Waals surface area contributed by atoms with E-state index in [1.807, 2.05) is 0 Å². The fraction of sp³-hybridized carbons (Fsp3) is 0.417. The lowest BCUT2D eigenvalue weighted by Crippen LogP contribution is -2.24. The van der Waals surface area contributed by atoms with E-state index in [0.29, 0.717) is 12.1 Å². The van der Waals surface area contributed by atoms with Crippen LogP contribution in [0.25, 0.3) is 0 Å². The highest BCUT2D eigenvalue weighted by atomic mass is 16.4. The van der Waals surface area contributed by atoms with Gasteiger partial charge in [-0.25, -0.2) is 9.78 Å². The molecule has 2 N–H and O–H groups in total. The standard InChI is InChI=1S/C12H16N2O3/c1-2-3-4-6-14-11(15)9-5-7-13-10(8-9)12(16)17/h5,7-8H,2-4,6H2,1H3,(H,14,15)(H,16,17). The largest absolute Gasteiger partial charge is 0.477 e. The maximum Gasteiger partial charge on any atom is 0.354 e. The van der Waals surface area contributed by atoms with Crippen molar-refractivity contribution < 1.29 is 14.7 Å². The Kier molecular flexibility index (Phi) is 5.13. The molecule has 1 aromatic heterocycles. The molecular formula is C12H16N2O3. The molecule has 5 nitrogen and oxygen atoms in total. The van der Waals surface area contributed by atoms with Crippen LogP contribution < -0.4 is 5.32 Å². The molecule has 17 heavy (non-hydrogen) atoms. The van der Waals surface area contributed by atoms with Crippen LogP contribution in [0.2, 0.25) is 0 Å². The first kappa shape index (κ1) is 13.2. The number of unbranched alkanes of at least 4 members (excludes halogenated alkanes) is 2. The molecule has 1 rings (SSSR count). The van der Waals surface area contributed by atoms with Crippen molar-refractivity contribution in [2.24, 2.45) is 0 Å². The Morgan fingerprint density at radius 2 is 2.18 bits per heavy atom. The van der Waals surface area contributed by atoms with E-state index in [2.05, 4.69) is 17.2 Å². The molecule has 0 atom stereocenters. The molecule has 92 valence electrons. The molecule has 0 aliphatic carbocycles. The summed E-state index contributed by atoms with van der Waals surface area (Å²) in [6, 6.07) is 2.78. The minimum Gasteiger partial charge on any atom is -0.477 e. The summed E-state index contributed by atoms with van der Waals surface area (Å²) in [5.74, 6) is -1.39. The summed E-state index contributed by atoms with van der Waals surface area (Å²) in [5, 5.41) is 11.5. The summed E-state index contributed by atoms with van der Waals surface area (Å²) in [5.41, 5.74) is 0.208. The van der Waals surface area contributed by atoms with E-state index in [9.17, 15) is 9.59 Å². The van der Waals surface area contributed by atoms with Crippen molar-refractivity contribution in [1.29, 1.82) is 0 Å². The summed E-state index contributed by atoms with van der Waals surface area (Å²) >= 11 is 0. The summed E-state index contributed by atoms with van der Waals surface area (Å²) in [6.45, 7) is 2.70. The van der Waals surface area contributed by atoms with Crippen LogP contribution in [0.5, 0.6) is 0 Å². The number of nitrogens with zero attached hydrogens (tertiary/aromatic N) is 1. The minimum absolute atomic E-state index is 0.119. The summed E-state index contributed by atoms with van der Waals surface area (Å²) < 4.78 is 0. The van der Waals surface area contributed by atoms with Crippen LogP contribution in [0.4, 0.5) is 0 Å². The lowest BCUT2D eigenvalue weighted by atomic mass is 10.2. The van der Waals surface area contributed by atoms with Crippen LogP contribution in [0.1, 0.15) is 47.0 Å². The van der Waals surface area contributed by atoms with Crippen molar-refractivity contribution in [2.45, 2.75) is 26.2 Å². The van der Waals surface area contributed by atoms with Crippen molar-refractivity contribution in [3.05, 3.63) is 29.6 Å². The third kappa shape index (κ3) is 4.22. The minimum atomic E-state index is -1.13. The van der Waals surface area contributed by atoms with Gasteiger partial charge >= 0.3 is 5.97 Å².